The molecule has 0 aliphatic heterocycles. The summed E-state index contributed by atoms with van der Waals surface area (Å²) in [5.74, 6) is 0.648. The van der Waals surface area contributed by atoms with Crippen molar-refractivity contribution >= 4 is 5.91 Å². The van der Waals surface area contributed by atoms with E-state index in [9.17, 15) is 9.90 Å². The predicted molar refractivity (Wildman–Crippen MR) is 48.9 cm³/mol. The lowest BCUT2D eigenvalue weighted by molar-refractivity contribution is -0.122. The van der Waals surface area contributed by atoms with Crippen molar-refractivity contribution in [2.24, 2.45) is 17.6 Å². The topological polar surface area (TPSA) is 63.3 Å². The first-order valence-corrected chi connectivity index (χ1v) is 4.88. The van der Waals surface area contributed by atoms with Gasteiger partial charge in [0.25, 0.3) is 0 Å². The number of hydrogen-bond donors (Lipinski definition) is 2. The number of nitrogens with two attached hydrogens (primary N) is 1. The Morgan fingerprint density at radius 2 is 2.08 bits per heavy atom. The number of rotatable bonds is 2. The van der Waals surface area contributed by atoms with Gasteiger partial charge in [-0.25, -0.2) is 0 Å². The molecule has 2 rings (SSSR count). The molecule has 2 aliphatic carbocycles. The van der Waals surface area contributed by atoms with E-state index in [2.05, 4.69) is 0 Å². The number of amides is 1. The van der Waals surface area contributed by atoms with E-state index < -0.39 is 0 Å². The Morgan fingerprint density at radius 1 is 1.38 bits per heavy atom. The van der Waals surface area contributed by atoms with Crippen LogP contribution in [0.15, 0.2) is 11.3 Å². The largest absolute Gasteiger partial charge is 0.512 e. The molecule has 3 nitrogen and oxygen atoms in total. The van der Waals surface area contributed by atoms with E-state index >= 15 is 0 Å². The van der Waals surface area contributed by atoms with Crippen LogP contribution in [-0.2, 0) is 4.79 Å². The van der Waals surface area contributed by atoms with Gasteiger partial charge in [-0.2, -0.15) is 0 Å². The van der Waals surface area contributed by atoms with Crippen LogP contribution in [0.4, 0.5) is 0 Å². The van der Waals surface area contributed by atoms with E-state index in [4.69, 9.17) is 5.73 Å². The van der Waals surface area contributed by atoms with Crippen molar-refractivity contribution in [1.82, 2.24) is 0 Å². The molecule has 1 fully saturated rings. The molecule has 0 bridgehead atoms. The molecule has 13 heavy (non-hydrogen) atoms. The first-order chi connectivity index (χ1) is 6.18. The molecule has 0 radical (unpaired) electrons. The molecule has 0 spiro atoms. The van der Waals surface area contributed by atoms with Gasteiger partial charge in [0, 0.05) is 12.3 Å². The average Bonchev–Trinajstić information content (AvgIpc) is 2.87. The number of hydrogen-bond acceptors (Lipinski definition) is 2. The summed E-state index contributed by atoms with van der Waals surface area (Å²) >= 11 is 0. The second kappa shape index (κ2) is 3.05. The standard InChI is InChI=1S/C10H15NO2/c11-10(13)7-3-4-8(6-1-2-6)9(12)5-7/h6-7,12H,1-5H2,(H2,11,13). The van der Waals surface area contributed by atoms with Crippen molar-refractivity contribution in [2.75, 3.05) is 0 Å². The molecule has 0 aromatic rings. The molecule has 3 heteroatoms. The van der Waals surface area contributed by atoms with Crippen molar-refractivity contribution in [3.05, 3.63) is 11.3 Å². The fourth-order valence-electron chi connectivity index (χ4n) is 2.05. The zero-order valence-electron chi connectivity index (χ0n) is 7.62. The first kappa shape index (κ1) is 8.60. The second-order valence-corrected chi connectivity index (χ2v) is 4.09. The summed E-state index contributed by atoms with van der Waals surface area (Å²) in [5, 5.41) is 9.67. The highest BCUT2D eigenvalue weighted by Crippen LogP contribution is 2.43. The summed E-state index contributed by atoms with van der Waals surface area (Å²) in [6.07, 6.45) is 4.58. The van der Waals surface area contributed by atoms with Crippen LogP contribution in [0.3, 0.4) is 0 Å². The molecule has 3 N–H and O–H groups in total. The first-order valence-electron chi connectivity index (χ1n) is 4.88. The Hall–Kier alpha value is -0.990. The molecular weight excluding hydrogens is 166 g/mol. The maximum atomic E-state index is 10.9. The van der Waals surface area contributed by atoms with Gasteiger partial charge in [0.2, 0.25) is 5.91 Å². The minimum absolute atomic E-state index is 0.137. The smallest absolute Gasteiger partial charge is 0.220 e. The lowest BCUT2D eigenvalue weighted by Gasteiger charge is -2.21. The van der Waals surface area contributed by atoms with E-state index in [0.29, 0.717) is 18.1 Å². The van der Waals surface area contributed by atoms with E-state index in [1.165, 1.54) is 18.4 Å². The normalized spacial score (nSPS) is 29.1. The summed E-state index contributed by atoms with van der Waals surface area (Å²) in [4.78, 5) is 10.9. The van der Waals surface area contributed by atoms with Crippen molar-refractivity contribution in [3.8, 4) is 0 Å². The van der Waals surface area contributed by atoms with Crippen LogP contribution in [-0.4, -0.2) is 11.0 Å². The van der Waals surface area contributed by atoms with Gasteiger partial charge in [-0.3, -0.25) is 4.79 Å². The average molecular weight is 181 g/mol. The van der Waals surface area contributed by atoms with Crippen LogP contribution in [0.25, 0.3) is 0 Å². The molecule has 1 unspecified atom stereocenters. The Kier molecular flexibility index (Phi) is 2.02. The van der Waals surface area contributed by atoms with Gasteiger partial charge in [0.1, 0.15) is 0 Å². The van der Waals surface area contributed by atoms with Crippen molar-refractivity contribution in [2.45, 2.75) is 32.1 Å². The van der Waals surface area contributed by atoms with Gasteiger partial charge in [-0.15, -0.1) is 0 Å². The minimum Gasteiger partial charge on any atom is -0.512 e. The highest BCUT2D eigenvalue weighted by molar-refractivity contribution is 5.77. The fraction of sp³-hybridized carbons (Fsp3) is 0.700. The molecule has 0 saturated heterocycles. The number of carbonyl (C=O) groups is 1. The van der Waals surface area contributed by atoms with Crippen LogP contribution >= 0.6 is 0 Å². The van der Waals surface area contributed by atoms with Gasteiger partial charge in [-0.1, -0.05) is 0 Å². The summed E-state index contributed by atoms with van der Waals surface area (Å²) in [5.41, 5.74) is 6.39. The van der Waals surface area contributed by atoms with Crippen LogP contribution < -0.4 is 5.73 Å². The highest BCUT2D eigenvalue weighted by atomic mass is 16.3. The maximum Gasteiger partial charge on any atom is 0.220 e. The monoisotopic (exact) mass is 181 g/mol. The lowest BCUT2D eigenvalue weighted by atomic mass is 9.86. The fourth-order valence-corrected chi connectivity index (χ4v) is 2.05. The summed E-state index contributed by atoms with van der Waals surface area (Å²) in [6, 6.07) is 0. The highest BCUT2D eigenvalue weighted by Gasteiger charge is 2.33. The molecule has 2 aliphatic rings. The van der Waals surface area contributed by atoms with Crippen LogP contribution in [0.2, 0.25) is 0 Å². The van der Waals surface area contributed by atoms with Crippen molar-refractivity contribution in [1.29, 1.82) is 0 Å². The van der Waals surface area contributed by atoms with Gasteiger partial charge >= 0.3 is 0 Å². The van der Waals surface area contributed by atoms with Crippen LogP contribution in [0, 0.1) is 11.8 Å². The molecule has 0 aromatic carbocycles. The quantitative estimate of drug-likeness (QED) is 0.678. The molecular formula is C10H15NO2. The van der Waals surface area contributed by atoms with E-state index in [1.807, 2.05) is 0 Å². The lowest BCUT2D eigenvalue weighted by Crippen LogP contribution is -2.26. The maximum absolute atomic E-state index is 10.9. The second-order valence-electron chi connectivity index (χ2n) is 4.09. The van der Waals surface area contributed by atoms with Crippen LogP contribution in [0.1, 0.15) is 32.1 Å². The number of carbonyl (C=O) groups excluding carboxylic acids is 1. The summed E-state index contributed by atoms with van der Waals surface area (Å²) < 4.78 is 0. The zero-order chi connectivity index (χ0) is 9.42. The van der Waals surface area contributed by atoms with E-state index in [1.54, 1.807) is 0 Å². The molecule has 72 valence electrons. The number of aliphatic hydroxyl groups excluding tert-OH is 1. The van der Waals surface area contributed by atoms with Gasteiger partial charge in [0.05, 0.1) is 5.76 Å². The van der Waals surface area contributed by atoms with Gasteiger partial charge in [-0.05, 0) is 37.2 Å². The molecule has 0 aromatic heterocycles. The predicted octanol–water partition coefficient (Wildman–Crippen LogP) is 1.49. The van der Waals surface area contributed by atoms with Crippen LogP contribution in [0.5, 0.6) is 0 Å². The molecule has 0 heterocycles. The summed E-state index contributed by atoms with van der Waals surface area (Å²) in [7, 11) is 0. The van der Waals surface area contributed by atoms with E-state index in [0.717, 1.165) is 12.8 Å². The SMILES string of the molecule is NC(=O)C1CCC(C2CC2)=C(O)C1. The van der Waals surface area contributed by atoms with Crippen molar-refractivity contribution in [3.63, 3.8) is 0 Å². The van der Waals surface area contributed by atoms with Crippen molar-refractivity contribution < 1.29 is 9.90 Å². The molecule has 1 atom stereocenters. The molecule has 1 amide bonds. The number of aliphatic hydroxyl groups is 1. The minimum atomic E-state index is -0.276. The Bertz CT molecular complexity index is 266. The number of allylic oxidation sites excluding steroid dienone is 2. The van der Waals surface area contributed by atoms with Gasteiger partial charge in [0.15, 0.2) is 0 Å². The third-order valence-corrected chi connectivity index (χ3v) is 3.05. The Balaban J connectivity index is 2.06. The third-order valence-electron chi connectivity index (χ3n) is 3.05. The summed E-state index contributed by atoms with van der Waals surface area (Å²) in [6.45, 7) is 0. The molecule has 1 saturated carbocycles. The zero-order valence-corrected chi connectivity index (χ0v) is 7.62. The number of primary amides is 1. The Labute approximate surface area is 77.6 Å². The third kappa shape index (κ3) is 1.69. The van der Waals surface area contributed by atoms with Gasteiger partial charge < -0.3 is 10.8 Å². The Morgan fingerprint density at radius 3 is 2.54 bits per heavy atom. The van der Waals surface area contributed by atoms with E-state index in [-0.39, 0.29) is 11.8 Å².